The molecule has 0 bridgehead atoms. The van der Waals surface area contributed by atoms with E-state index in [1.54, 1.807) is 0 Å². The summed E-state index contributed by atoms with van der Waals surface area (Å²) < 4.78 is 6.69. The average molecular weight is 375 g/mol. The van der Waals surface area contributed by atoms with Crippen LogP contribution in [0, 0.1) is 0 Å². The maximum Gasteiger partial charge on any atom is 0.193 e. The molecule has 3 heteroatoms. The highest BCUT2D eigenvalue weighted by molar-refractivity contribution is 9.10. The van der Waals surface area contributed by atoms with Crippen LogP contribution < -0.4 is 4.74 Å². The lowest BCUT2D eigenvalue weighted by Gasteiger charge is -2.07. The summed E-state index contributed by atoms with van der Waals surface area (Å²) in [6.07, 6.45) is 6.13. The Hall–Kier alpha value is -1.61. The van der Waals surface area contributed by atoms with Crippen LogP contribution in [0.15, 0.2) is 53.0 Å². The molecule has 2 nitrogen and oxygen atoms in total. The van der Waals surface area contributed by atoms with E-state index in [1.807, 2.05) is 48.5 Å². The van der Waals surface area contributed by atoms with Crippen LogP contribution in [0.5, 0.6) is 5.75 Å². The van der Waals surface area contributed by atoms with Crippen molar-refractivity contribution in [3.05, 3.63) is 64.1 Å². The van der Waals surface area contributed by atoms with Crippen molar-refractivity contribution in [1.82, 2.24) is 0 Å². The van der Waals surface area contributed by atoms with E-state index in [-0.39, 0.29) is 5.78 Å². The SMILES string of the molecule is CCCCCCCOc1ccc(C(=O)c2ccc(Br)cc2)cc1. The van der Waals surface area contributed by atoms with Gasteiger partial charge in [0, 0.05) is 15.6 Å². The zero-order chi connectivity index (χ0) is 16.5. The van der Waals surface area contributed by atoms with E-state index in [0.717, 1.165) is 23.2 Å². The van der Waals surface area contributed by atoms with Crippen molar-refractivity contribution >= 4 is 21.7 Å². The van der Waals surface area contributed by atoms with Crippen LogP contribution in [0.1, 0.15) is 54.9 Å². The molecule has 0 aromatic heterocycles. The summed E-state index contributed by atoms with van der Waals surface area (Å²) in [4.78, 5) is 12.4. The van der Waals surface area contributed by atoms with E-state index in [2.05, 4.69) is 22.9 Å². The predicted octanol–water partition coefficient (Wildman–Crippen LogP) is 6.03. The summed E-state index contributed by atoms with van der Waals surface area (Å²) in [7, 11) is 0. The van der Waals surface area contributed by atoms with Gasteiger partial charge in [0.25, 0.3) is 0 Å². The van der Waals surface area contributed by atoms with Crippen LogP contribution in [0.2, 0.25) is 0 Å². The summed E-state index contributed by atoms with van der Waals surface area (Å²) in [5.74, 6) is 0.858. The van der Waals surface area contributed by atoms with Crippen molar-refractivity contribution in [2.24, 2.45) is 0 Å². The third-order valence-electron chi connectivity index (χ3n) is 3.74. The number of rotatable bonds is 9. The Bertz CT molecular complexity index is 603. The van der Waals surface area contributed by atoms with E-state index in [9.17, 15) is 4.79 Å². The summed E-state index contributed by atoms with van der Waals surface area (Å²) in [5.41, 5.74) is 1.38. The smallest absolute Gasteiger partial charge is 0.193 e. The Morgan fingerprint density at radius 1 is 0.870 bits per heavy atom. The summed E-state index contributed by atoms with van der Waals surface area (Å²) in [6.45, 7) is 2.96. The predicted molar refractivity (Wildman–Crippen MR) is 98.3 cm³/mol. The monoisotopic (exact) mass is 374 g/mol. The quantitative estimate of drug-likeness (QED) is 0.395. The second kappa shape index (κ2) is 9.51. The Morgan fingerprint density at radius 2 is 1.43 bits per heavy atom. The van der Waals surface area contributed by atoms with Gasteiger partial charge < -0.3 is 4.74 Å². The second-order valence-corrected chi connectivity index (χ2v) is 6.54. The number of hydrogen-bond acceptors (Lipinski definition) is 2. The molecule has 0 spiro atoms. The highest BCUT2D eigenvalue weighted by Crippen LogP contribution is 2.17. The number of carbonyl (C=O) groups is 1. The van der Waals surface area contributed by atoms with E-state index >= 15 is 0 Å². The average Bonchev–Trinajstić information content (AvgIpc) is 2.58. The third-order valence-corrected chi connectivity index (χ3v) is 4.27. The molecule has 0 aliphatic heterocycles. The minimum atomic E-state index is 0.0311. The lowest BCUT2D eigenvalue weighted by molar-refractivity contribution is 0.103. The lowest BCUT2D eigenvalue weighted by Crippen LogP contribution is -2.02. The number of halogens is 1. The van der Waals surface area contributed by atoms with Gasteiger partial charge in [-0.15, -0.1) is 0 Å². The largest absolute Gasteiger partial charge is 0.494 e. The molecule has 0 amide bonds. The molecular formula is C20H23BrO2. The van der Waals surface area contributed by atoms with E-state index in [4.69, 9.17) is 4.74 Å². The number of ether oxygens (including phenoxy) is 1. The molecule has 0 radical (unpaired) electrons. The summed E-state index contributed by atoms with van der Waals surface area (Å²) in [6, 6.07) is 14.8. The molecule has 0 N–H and O–H groups in total. The lowest BCUT2D eigenvalue weighted by atomic mass is 10.0. The molecule has 23 heavy (non-hydrogen) atoms. The van der Waals surface area contributed by atoms with Gasteiger partial charge in [0.05, 0.1) is 6.61 Å². The Labute approximate surface area is 147 Å². The summed E-state index contributed by atoms with van der Waals surface area (Å²) in [5, 5.41) is 0. The number of unbranched alkanes of at least 4 members (excludes halogenated alkanes) is 4. The standard InChI is InChI=1S/C20H23BrO2/c1-2-3-4-5-6-15-23-19-13-9-17(10-14-19)20(22)16-7-11-18(21)12-8-16/h7-14H,2-6,15H2,1H3. The first kappa shape index (κ1) is 17.7. The molecule has 0 heterocycles. The first-order valence-corrected chi connectivity index (χ1v) is 9.03. The van der Waals surface area contributed by atoms with Crippen LogP contribution in [0.3, 0.4) is 0 Å². The Balaban J connectivity index is 1.84. The van der Waals surface area contributed by atoms with Crippen LogP contribution in [0.4, 0.5) is 0 Å². The number of benzene rings is 2. The molecule has 0 atom stereocenters. The Kier molecular flexibility index (Phi) is 7.34. The van der Waals surface area contributed by atoms with Crippen LogP contribution in [-0.4, -0.2) is 12.4 Å². The van der Waals surface area contributed by atoms with Gasteiger partial charge in [-0.05, 0) is 55.0 Å². The number of hydrogen-bond donors (Lipinski definition) is 0. The molecule has 0 saturated carbocycles. The van der Waals surface area contributed by atoms with Gasteiger partial charge in [-0.2, -0.15) is 0 Å². The normalized spacial score (nSPS) is 10.5. The fraction of sp³-hybridized carbons (Fsp3) is 0.350. The van der Waals surface area contributed by atoms with Crippen molar-refractivity contribution in [2.75, 3.05) is 6.61 Å². The molecule has 2 aromatic carbocycles. The molecule has 0 fully saturated rings. The highest BCUT2D eigenvalue weighted by Gasteiger charge is 2.08. The minimum Gasteiger partial charge on any atom is -0.494 e. The number of ketones is 1. The van der Waals surface area contributed by atoms with E-state index < -0.39 is 0 Å². The molecule has 2 rings (SSSR count). The van der Waals surface area contributed by atoms with Gasteiger partial charge in [0.1, 0.15) is 5.75 Å². The zero-order valence-electron chi connectivity index (χ0n) is 13.6. The maximum absolute atomic E-state index is 12.4. The highest BCUT2D eigenvalue weighted by atomic mass is 79.9. The van der Waals surface area contributed by atoms with Crippen LogP contribution in [0.25, 0.3) is 0 Å². The van der Waals surface area contributed by atoms with Crippen LogP contribution >= 0.6 is 15.9 Å². The second-order valence-electron chi connectivity index (χ2n) is 5.62. The van der Waals surface area contributed by atoms with Gasteiger partial charge in [0.2, 0.25) is 0 Å². The van der Waals surface area contributed by atoms with Crippen LogP contribution in [-0.2, 0) is 0 Å². The van der Waals surface area contributed by atoms with Gasteiger partial charge in [-0.3, -0.25) is 4.79 Å². The third kappa shape index (κ3) is 5.83. The molecule has 0 aliphatic carbocycles. The Morgan fingerprint density at radius 3 is 2.04 bits per heavy atom. The van der Waals surface area contributed by atoms with Gasteiger partial charge in [-0.25, -0.2) is 0 Å². The molecule has 122 valence electrons. The first-order valence-electron chi connectivity index (χ1n) is 8.24. The van der Waals surface area contributed by atoms with Crippen molar-refractivity contribution in [3.63, 3.8) is 0 Å². The molecule has 2 aromatic rings. The van der Waals surface area contributed by atoms with Gasteiger partial charge in [0.15, 0.2) is 5.78 Å². The minimum absolute atomic E-state index is 0.0311. The fourth-order valence-electron chi connectivity index (χ4n) is 2.37. The van der Waals surface area contributed by atoms with Crippen molar-refractivity contribution < 1.29 is 9.53 Å². The molecule has 0 saturated heterocycles. The number of carbonyl (C=O) groups excluding carboxylic acids is 1. The first-order chi connectivity index (χ1) is 11.2. The zero-order valence-corrected chi connectivity index (χ0v) is 15.1. The summed E-state index contributed by atoms with van der Waals surface area (Å²) >= 11 is 3.38. The van der Waals surface area contributed by atoms with Crippen molar-refractivity contribution in [1.29, 1.82) is 0 Å². The molecular weight excluding hydrogens is 352 g/mol. The molecule has 0 aliphatic rings. The molecule has 0 unspecified atom stereocenters. The van der Waals surface area contributed by atoms with Crippen molar-refractivity contribution in [3.8, 4) is 5.75 Å². The van der Waals surface area contributed by atoms with Gasteiger partial charge in [-0.1, -0.05) is 48.5 Å². The van der Waals surface area contributed by atoms with E-state index in [1.165, 1.54) is 25.7 Å². The topological polar surface area (TPSA) is 26.3 Å². The fourth-order valence-corrected chi connectivity index (χ4v) is 2.63. The van der Waals surface area contributed by atoms with E-state index in [0.29, 0.717) is 11.1 Å². The van der Waals surface area contributed by atoms with Gasteiger partial charge >= 0.3 is 0 Å². The van der Waals surface area contributed by atoms with Crippen molar-refractivity contribution in [2.45, 2.75) is 39.0 Å². The maximum atomic E-state index is 12.4.